The Balaban J connectivity index is 2.50. The van der Waals surface area contributed by atoms with Gasteiger partial charge < -0.3 is 15.2 Å². The van der Waals surface area contributed by atoms with Crippen molar-refractivity contribution >= 4 is 11.9 Å². The smallest absolute Gasteiger partial charge is 0.416 e. The average molecular weight is 340 g/mol. The summed E-state index contributed by atoms with van der Waals surface area (Å²) in [5, 5.41) is 12.2. The van der Waals surface area contributed by atoms with Gasteiger partial charge in [0.2, 0.25) is 0 Å². The highest BCUT2D eigenvalue weighted by Crippen LogP contribution is 2.41. The molecule has 1 saturated carbocycles. The van der Waals surface area contributed by atoms with Crippen molar-refractivity contribution in [2.24, 2.45) is 0 Å². The highest BCUT2D eigenvalue weighted by Gasteiger charge is 2.51. The monoisotopic (exact) mass is 340 g/mol. The van der Waals surface area contributed by atoms with E-state index >= 15 is 0 Å². The lowest BCUT2D eigenvalue weighted by Gasteiger charge is -2.19. The van der Waals surface area contributed by atoms with Crippen molar-refractivity contribution in [1.82, 2.24) is 5.32 Å². The number of carbonyl (C=O) groups is 2. The first-order chi connectivity index (χ1) is 10.3. The highest BCUT2D eigenvalue weighted by atomic mass is 19.4. The number of Topliss-reactive ketones (excluding diaryl/α,β-unsaturated/α-hetero) is 1. The minimum absolute atomic E-state index is 0.0303. The molecule has 126 valence electrons. The van der Waals surface area contributed by atoms with Crippen LogP contribution in [0.4, 0.5) is 31.1 Å². The first-order valence-corrected chi connectivity index (χ1v) is 6.19. The molecule has 1 amide bonds. The van der Waals surface area contributed by atoms with Crippen LogP contribution in [0.3, 0.4) is 0 Å². The van der Waals surface area contributed by atoms with E-state index in [0.29, 0.717) is 0 Å². The molecule has 0 atom stereocenters. The van der Waals surface area contributed by atoms with Gasteiger partial charge in [-0.1, -0.05) is 0 Å². The fourth-order valence-corrected chi connectivity index (χ4v) is 2.09. The maximum absolute atomic E-state index is 12.7. The minimum atomic E-state index is -5.09. The summed E-state index contributed by atoms with van der Waals surface area (Å²) in [5.74, 6) is -1.15. The number of hydrogen-bond acceptors (Lipinski definition) is 3. The molecule has 1 N–H and O–H groups in total. The zero-order valence-corrected chi connectivity index (χ0v) is 11.1. The van der Waals surface area contributed by atoms with E-state index in [-0.39, 0.29) is 31.0 Å². The fourth-order valence-electron chi connectivity index (χ4n) is 2.09. The molecule has 1 aromatic carbocycles. The molecule has 0 saturated heterocycles. The van der Waals surface area contributed by atoms with E-state index < -0.39 is 46.5 Å². The Bertz CT molecular complexity index is 628. The van der Waals surface area contributed by atoms with E-state index in [1.165, 1.54) is 0 Å². The predicted octanol–water partition coefficient (Wildman–Crippen LogP) is 2.37. The van der Waals surface area contributed by atoms with Crippen molar-refractivity contribution in [3.05, 3.63) is 34.9 Å². The Morgan fingerprint density at radius 3 is 1.70 bits per heavy atom. The second-order valence-electron chi connectivity index (χ2n) is 5.12. The second-order valence-corrected chi connectivity index (χ2v) is 5.12. The van der Waals surface area contributed by atoms with Crippen LogP contribution in [0.1, 0.15) is 34.3 Å². The minimum Gasteiger partial charge on any atom is -0.530 e. The Hall–Kier alpha value is -2.26. The number of alkyl halides is 6. The zero-order valence-electron chi connectivity index (χ0n) is 11.1. The molecule has 1 aliphatic carbocycles. The lowest BCUT2D eigenvalue weighted by atomic mass is 9.97. The molecular formula is C13H8F6NO3-. The molecule has 1 aliphatic rings. The molecule has 4 nitrogen and oxygen atoms in total. The fraction of sp³-hybridized carbons (Fsp3) is 0.385. The summed E-state index contributed by atoms with van der Waals surface area (Å²) in [6, 6.07) is 0.436. The molecule has 23 heavy (non-hydrogen) atoms. The molecule has 1 aromatic rings. The van der Waals surface area contributed by atoms with E-state index in [0.717, 1.165) is 0 Å². The van der Waals surface area contributed by atoms with Gasteiger partial charge in [-0.15, -0.1) is 0 Å². The van der Waals surface area contributed by atoms with Gasteiger partial charge in [-0.2, -0.15) is 26.3 Å². The Labute approximate surface area is 125 Å². The van der Waals surface area contributed by atoms with E-state index in [9.17, 15) is 41.0 Å². The second kappa shape index (κ2) is 5.14. The molecule has 0 bridgehead atoms. The van der Waals surface area contributed by atoms with E-state index in [4.69, 9.17) is 0 Å². The van der Waals surface area contributed by atoms with Gasteiger partial charge in [0.15, 0.2) is 5.78 Å². The van der Waals surface area contributed by atoms with E-state index in [1.807, 2.05) is 0 Å². The summed E-state index contributed by atoms with van der Waals surface area (Å²) in [7, 11) is 0. The first-order valence-electron chi connectivity index (χ1n) is 6.19. The normalized spacial score (nSPS) is 16.8. The SMILES string of the molecule is O=C([O-])NC1(C(=O)c2cc(C(F)(F)F)cc(C(F)(F)F)c2)CC1. The average Bonchev–Trinajstić information content (AvgIpc) is 3.15. The summed E-state index contributed by atoms with van der Waals surface area (Å²) in [6.07, 6.45) is -12.1. The van der Waals surface area contributed by atoms with Crippen LogP contribution in [0.5, 0.6) is 0 Å². The Morgan fingerprint density at radius 1 is 0.957 bits per heavy atom. The number of nitrogens with one attached hydrogen (secondary N) is 1. The number of carbonyl (C=O) groups excluding carboxylic acids is 2. The number of hydrogen-bond donors (Lipinski definition) is 1. The van der Waals surface area contributed by atoms with Gasteiger partial charge in [-0.05, 0) is 31.0 Å². The maximum Gasteiger partial charge on any atom is 0.416 e. The molecule has 0 spiro atoms. The van der Waals surface area contributed by atoms with Crippen LogP contribution in [-0.4, -0.2) is 17.4 Å². The van der Waals surface area contributed by atoms with Crippen LogP contribution in [0, 0.1) is 0 Å². The topological polar surface area (TPSA) is 69.2 Å². The lowest BCUT2D eigenvalue weighted by Crippen LogP contribution is -2.49. The molecule has 0 aromatic heterocycles. The van der Waals surface area contributed by atoms with Crippen LogP contribution < -0.4 is 10.4 Å². The van der Waals surface area contributed by atoms with E-state index in [2.05, 4.69) is 0 Å². The first kappa shape index (κ1) is 17.1. The van der Waals surface area contributed by atoms with Crippen molar-refractivity contribution in [1.29, 1.82) is 0 Å². The molecule has 0 heterocycles. The lowest BCUT2D eigenvalue weighted by molar-refractivity contribution is -0.251. The molecular weight excluding hydrogens is 332 g/mol. The zero-order chi connectivity index (χ0) is 17.6. The number of carboxylic acid groups (broad SMARTS) is 1. The van der Waals surface area contributed by atoms with Gasteiger partial charge >= 0.3 is 12.4 Å². The van der Waals surface area contributed by atoms with Gasteiger partial charge in [0.25, 0.3) is 0 Å². The van der Waals surface area contributed by atoms with Gasteiger partial charge in [0.05, 0.1) is 11.1 Å². The van der Waals surface area contributed by atoms with Gasteiger partial charge in [0, 0.05) is 5.56 Å². The quantitative estimate of drug-likeness (QED) is 0.678. The molecule has 0 aliphatic heterocycles. The molecule has 10 heteroatoms. The molecule has 0 unspecified atom stereocenters. The third kappa shape index (κ3) is 3.57. The summed E-state index contributed by atoms with van der Waals surface area (Å²) < 4.78 is 76.3. The largest absolute Gasteiger partial charge is 0.530 e. The van der Waals surface area contributed by atoms with Gasteiger partial charge in [-0.3, -0.25) is 4.79 Å². The maximum atomic E-state index is 12.7. The highest BCUT2D eigenvalue weighted by molar-refractivity contribution is 6.06. The number of amides is 1. The van der Waals surface area contributed by atoms with Crippen molar-refractivity contribution in [2.75, 3.05) is 0 Å². The van der Waals surface area contributed by atoms with Gasteiger partial charge in [0.1, 0.15) is 11.6 Å². The van der Waals surface area contributed by atoms with Crippen molar-refractivity contribution in [2.45, 2.75) is 30.7 Å². The molecule has 2 rings (SSSR count). The number of ketones is 1. The van der Waals surface area contributed by atoms with Crippen LogP contribution in [0.25, 0.3) is 0 Å². The molecule has 1 fully saturated rings. The Morgan fingerprint density at radius 2 is 1.39 bits per heavy atom. The van der Waals surface area contributed by atoms with Crippen LogP contribution in [0.2, 0.25) is 0 Å². The van der Waals surface area contributed by atoms with Crippen LogP contribution >= 0.6 is 0 Å². The molecule has 0 radical (unpaired) electrons. The summed E-state index contributed by atoms with van der Waals surface area (Å²) in [6.45, 7) is 0. The van der Waals surface area contributed by atoms with Crippen LogP contribution in [0.15, 0.2) is 18.2 Å². The van der Waals surface area contributed by atoms with E-state index in [1.54, 1.807) is 5.32 Å². The standard InChI is InChI=1S/C13H9F6NO3/c14-12(15,16)7-3-6(4-8(5-7)13(17,18)19)9(21)11(1-2-11)20-10(22)23/h3-5,20H,1-2H2,(H,22,23)/p-1. The van der Waals surface area contributed by atoms with Crippen molar-refractivity contribution < 1.29 is 41.0 Å². The third-order valence-corrected chi connectivity index (χ3v) is 3.38. The van der Waals surface area contributed by atoms with Crippen molar-refractivity contribution in [3.63, 3.8) is 0 Å². The van der Waals surface area contributed by atoms with Crippen LogP contribution in [-0.2, 0) is 12.4 Å². The summed E-state index contributed by atoms with van der Waals surface area (Å²) >= 11 is 0. The predicted molar refractivity (Wildman–Crippen MR) is 61.3 cm³/mol. The summed E-state index contributed by atoms with van der Waals surface area (Å²) in [5.41, 5.74) is -5.86. The number of rotatable bonds is 3. The number of benzene rings is 1. The number of halogens is 6. The summed E-state index contributed by atoms with van der Waals surface area (Å²) in [4.78, 5) is 22.6. The Kier molecular flexibility index (Phi) is 3.82. The van der Waals surface area contributed by atoms with Crippen molar-refractivity contribution in [3.8, 4) is 0 Å². The third-order valence-electron chi connectivity index (χ3n) is 3.38. The van der Waals surface area contributed by atoms with Gasteiger partial charge in [-0.25, -0.2) is 0 Å².